The second-order valence-electron chi connectivity index (χ2n) is 3.17. The molecule has 0 spiro atoms. The van der Waals surface area contributed by atoms with Gasteiger partial charge in [0.05, 0.1) is 12.6 Å². The van der Waals surface area contributed by atoms with Gasteiger partial charge in [0.2, 0.25) is 0 Å². The second kappa shape index (κ2) is 5.45. The van der Waals surface area contributed by atoms with Crippen LogP contribution in [0.25, 0.3) is 10.9 Å². The molecule has 0 atom stereocenters. The molecule has 6 heteroatoms. The van der Waals surface area contributed by atoms with Crippen molar-refractivity contribution in [3.63, 3.8) is 0 Å². The molecule has 0 aliphatic heterocycles. The Morgan fingerprint density at radius 3 is 2.76 bits per heavy atom. The normalized spacial score (nSPS) is 9.53. The maximum Gasteiger partial charge on any atom is 0.324 e. The minimum absolute atomic E-state index is 0. The molecule has 0 unspecified atom stereocenters. The van der Waals surface area contributed by atoms with E-state index in [4.69, 9.17) is 9.47 Å². The lowest BCUT2D eigenvalue weighted by Gasteiger charge is -2.03. The van der Waals surface area contributed by atoms with E-state index in [-0.39, 0.29) is 18.4 Å². The van der Waals surface area contributed by atoms with E-state index in [9.17, 15) is 4.79 Å². The van der Waals surface area contributed by atoms with Crippen molar-refractivity contribution in [3.8, 4) is 11.8 Å². The van der Waals surface area contributed by atoms with Gasteiger partial charge in [-0.15, -0.1) is 12.4 Å². The summed E-state index contributed by atoms with van der Waals surface area (Å²) in [5.74, 6) is 0.252. The van der Waals surface area contributed by atoms with Crippen molar-refractivity contribution in [2.24, 2.45) is 0 Å². The topological polar surface area (TPSA) is 61.3 Å². The minimum atomic E-state index is -0.442. The molecule has 0 N–H and O–H groups in total. The number of ether oxygens (including phenoxy) is 2. The van der Waals surface area contributed by atoms with E-state index in [0.29, 0.717) is 11.3 Å². The van der Waals surface area contributed by atoms with Crippen LogP contribution in [0.15, 0.2) is 24.4 Å². The van der Waals surface area contributed by atoms with E-state index in [0.717, 1.165) is 5.39 Å². The van der Waals surface area contributed by atoms with Crippen LogP contribution in [0.3, 0.4) is 0 Å². The molecule has 2 rings (SSSR count). The van der Waals surface area contributed by atoms with Gasteiger partial charge < -0.3 is 9.47 Å². The van der Waals surface area contributed by atoms with Crippen LogP contribution in [-0.4, -0.2) is 23.0 Å². The molecule has 0 saturated heterocycles. The van der Waals surface area contributed by atoms with Crippen LogP contribution in [0.5, 0.6) is 11.8 Å². The average Bonchev–Trinajstić information content (AvgIpc) is 2.27. The number of methoxy groups -OCH3 is 1. The maximum atomic E-state index is 10.7. The van der Waals surface area contributed by atoms with Crippen LogP contribution in [0.1, 0.15) is 6.92 Å². The summed E-state index contributed by atoms with van der Waals surface area (Å²) < 4.78 is 9.87. The predicted molar refractivity (Wildman–Crippen MR) is 64.6 cm³/mol. The van der Waals surface area contributed by atoms with Crippen LogP contribution in [-0.2, 0) is 4.79 Å². The van der Waals surface area contributed by atoms with Crippen molar-refractivity contribution in [1.29, 1.82) is 0 Å². The summed E-state index contributed by atoms with van der Waals surface area (Å²) in [4.78, 5) is 18.7. The lowest BCUT2D eigenvalue weighted by atomic mass is 10.2. The molecule has 0 amide bonds. The van der Waals surface area contributed by atoms with E-state index >= 15 is 0 Å². The van der Waals surface area contributed by atoms with E-state index in [1.165, 1.54) is 6.92 Å². The molecule has 0 aliphatic carbocycles. The molecule has 0 bridgehead atoms. The number of carbonyl (C=O) groups excluding carboxylic acids is 1. The summed E-state index contributed by atoms with van der Waals surface area (Å²) in [7, 11) is 1.58. The Balaban J connectivity index is 0.00000144. The van der Waals surface area contributed by atoms with E-state index in [1.54, 1.807) is 19.4 Å². The predicted octanol–water partition coefficient (Wildman–Crippen LogP) is 1.99. The van der Waals surface area contributed by atoms with E-state index in [2.05, 4.69) is 9.97 Å². The Hall–Kier alpha value is -1.88. The van der Waals surface area contributed by atoms with Gasteiger partial charge in [-0.3, -0.25) is 4.79 Å². The highest BCUT2D eigenvalue weighted by Crippen LogP contribution is 2.19. The average molecular weight is 255 g/mol. The Labute approximate surface area is 104 Å². The number of esters is 1. The number of hydrogen-bond acceptors (Lipinski definition) is 5. The van der Waals surface area contributed by atoms with E-state index < -0.39 is 5.97 Å². The summed E-state index contributed by atoms with van der Waals surface area (Å²) in [5, 5.41) is 0.858. The van der Waals surface area contributed by atoms with Crippen molar-refractivity contribution < 1.29 is 14.3 Å². The third-order valence-corrected chi connectivity index (χ3v) is 2.00. The summed E-state index contributed by atoms with van der Waals surface area (Å²) in [5.41, 5.74) is 0.672. The molecule has 5 nitrogen and oxygen atoms in total. The van der Waals surface area contributed by atoms with Crippen molar-refractivity contribution >= 4 is 29.3 Å². The number of aromatic nitrogens is 2. The quantitative estimate of drug-likeness (QED) is 0.767. The molecule has 0 radical (unpaired) electrons. The first-order valence-corrected chi connectivity index (χ1v) is 4.68. The molecule has 90 valence electrons. The third-order valence-electron chi connectivity index (χ3n) is 2.00. The first-order chi connectivity index (χ1) is 7.69. The Bertz CT molecular complexity index is 545. The monoisotopic (exact) mass is 254 g/mol. The number of nitrogens with zero attached hydrogens (tertiary/aromatic N) is 2. The highest BCUT2D eigenvalue weighted by atomic mass is 35.5. The van der Waals surface area contributed by atoms with Gasteiger partial charge >= 0.3 is 12.0 Å². The number of rotatable bonds is 2. The van der Waals surface area contributed by atoms with Gasteiger partial charge in [-0.1, -0.05) is 0 Å². The fourth-order valence-electron chi connectivity index (χ4n) is 1.29. The molecule has 1 heterocycles. The van der Waals surface area contributed by atoms with Crippen LogP contribution >= 0.6 is 12.4 Å². The fraction of sp³-hybridized carbons (Fsp3) is 0.182. The molecule has 17 heavy (non-hydrogen) atoms. The molecule has 0 aliphatic rings. The Kier molecular flexibility index (Phi) is 4.23. The van der Waals surface area contributed by atoms with E-state index in [1.807, 2.05) is 12.1 Å². The Morgan fingerprint density at radius 2 is 2.12 bits per heavy atom. The number of halogens is 1. The molecular formula is C11H11ClN2O3. The smallest absolute Gasteiger partial charge is 0.324 e. The van der Waals surface area contributed by atoms with Crippen LogP contribution < -0.4 is 9.47 Å². The lowest BCUT2D eigenvalue weighted by molar-refractivity contribution is -0.132. The zero-order valence-electron chi connectivity index (χ0n) is 9.34. The lowest BCUT2D eigenvalue weighted by Crippen LogP contribution is -2.04. The van der Waals surface area contributed by atoms with Gasteiger partial charge in [0.15, 0.2) is 0 Å². The number of benzene rings is 1. The largest absolute Gasteiger partial charge is 0.497 e. The van der Waals surface area contributed by atoms with Crippen molar-refractivity contribution in [1.82, 2.24) is 9.97 Å². The molecule has 2 aromatic rings. The first-order valence-electron chi connectivity index (χ1n) is 4.68. The molecule has 0 fully saturated rings. The standard InChI is InChI=1S/C11H10N2O3.ClH/c1-7(14)16-11-12-6-8-3-4-9(15-2)5-10(8)13-11;/h3-6H,1-2H3;1H. The van der Waals surface area contributed by atoms with Crippen molar-refractivity contribution in [3.05, 3.63) is 24.4 Å². The summed E-state index contributed by atoms with van der Waals surface area (Å²) in [6.45, 7) is 1.30. The van der Waals surface area contributed by atoms with Gasteiger partial charge in [-0.2, -0.15) is 4.98 Å². The highest BCUT2D eigenvalue weighted by Gasteiger charge is 2.04. The SMILES string of the molecule is COc1ccc2cnc(OC(C)=O)nc2c1.Cl. The Morgan fingerprint density at radius 1 is 1.35 bits per heavy atom. The van der Waals surface area contributed by atoms with Gasteiger partial charge in [0, 0.05) is 24.6 Å². The zero-order chi connectivity index (χ0) is 11.5. The third kappa shape index (κ3) is 3.04. The van der Waals surface area contributed by atoms with Gasteiger partial charge in [0.25, 0.3) is 0 Å². The number of carbonyl (C=O) groups is 1. The summed E-state index contributed by atoms with van der Waals surface area (Å²) >= 11 is 0. The van der Waals surface area contributed by atoms with Gasteiger partial charge in [-0.05, 0) is 12.1 Å². The highest BCUT2D eigenvalue weighted by molar-refractivity contribution is 5.85. The summed E-state index contributed by atoms with van der Waals surface area (Å²) in [6.07, 6.45) is 1.60. The second-order valence-corrected chi connectivity index (χ2v) is 3.17. The fourth-order valence-corrected chi connectivity index (χ4v) is 1.29. The van der Waals surface area contributed by atoms with Crippen LogP contribution in [0.4, 0.5) is 0 Å². The zero-order valence-corrected chi connectivity index (χ0v) is 10.2. The van der Waals surface area contributed by atoms with Gasteiger partial charge in [0.1, 0.15) is 5.75 Å². The molecule has 1 aromatic heterocycles. The minimum Gasteiger partial charge on any atom is -0.497 e. The molecule has 1 aromatic carbocycles. The number of hydrogen-bond donors (Lipinski definition) is 0. The maximum absolute atomic E-state index is 10.7. The molecular weight excluding hydrogens is 244 g/mol. The van der Waals surface area contributed by atoms with Crippen LogP contribution in [0.2, 0.25) is 0 Å². The van der Waals surface area contributed by atoms with Gasteiger partial charge in [-0.25, -0.2) is 4.98 Å². The molecule has 0 saturated carbocycles. The first kappa shape index (κ1) is 13.2. The van der Waals surface area contributed by atoms with Crippen molar-refractivity contribution in [2.45, 2.75) is 6.92 Å². The van der Waals surface area contributed by atoms with Crippen molar-refractivity contribution in [2.75, 3.05) is 7.11 Å². The number of fused-ring (bicyclic) bond motifs is 1. The summed E-state index contributed by atoms with van der Waals surface area (Å²) in [6, 6.07) is 5.46. The van der Waals surface area contributed by atoms with Crippen LogP contribution in [0, 0.1) is 0 Å².